The molecule has 33 heavy (non-hydrogen) atoms. The lowest BCUT2D eigenvalue weighted by Gasteiger charge is -2.35. The van der Waals surface area contributed by atoms with Gasteiger partial charge in [0.2, 0.25) is 5.95 Å². The van der Waals surface area contributed by atoms with Crippen molar-refractivity contribution in [2.24, 2.45) is 11.7 Å². The molecule has 3 heterocycles. The molecule has 1 aromatic carbocycles. The zero-order chi connectivity index (χ0) is 22.9. The van der Waals surface area contributed by atoms with Crippen molar-refractivity contribution in [3.8, 4) is 0 Å². The fourth-order valence-corrected chi connectivity index (χ4v) is 5.33. The smallest absolute Gasteiger partial charge is 0.204 e. The first-order chi connectivity index (χ1) is 16.0. The summed E-state index contributed by atoms with van der Waals surface area (Å²) in [7, 11) is 0. The van der Waals surface area contributed by atoms with Gasteiger partial charge in [-0.15, -0.1) is 0 Å². The summed E-state index contributed by atoms with van der Waals surface area (Å²) >= 11 is 0. The minimum Gasteiger partial charge on any atom is -0.353 e. The lowest BCUT2D eigenvalue weighted by molar-refractivity contribution is 0.194. The van der Waals surface area contributed by atoms with E-state index in [9.17, 15) is 0 Å². The number of aromatic nitrogens is 4. The molecule has 1 aliphatic carbocycles. The van der Waals surface area contributed by atoms with E-state index in [2.05, 4.69) is 58.7 Å². The maximum absolute atomic E-state index is 6.32. The van der Waals surface area contributed by atoms with E-state index in [1.165, 1.54) is 11.1 Å². The molecule has 3 N–H and O–H groups in total. The summed E-state index contributed by atoms with van der Waals surface area (Å²) in [6.07, 6.45) is 9.04. The van der Waals surface area contributed by atoms with Crippen LogP contribution >= 0.6 is 0 Å². The first-order valence-corrected chi connectivity index (χ1v) is 12.5. The molecule has 0 spiro atoms. The Hall–Kier alpha value is -2.51. The van der Waals surface area contributed by atoms with Gasteiger partial charge in [0.15, 0.2) is 0 Å². The van der Waals surface area contributed by atoms with Crippen molar-refractivity contribution in [1.29, 1.82) is 0 Å². The Morgan fingerprint density at radius 2 is 1.91 bits per heavy atom. The highest BCUT2D eigenvalue weighted by atomic mass is 15.3. The lowest BCUT2D eigenvalue weighted by atomic mass is 9.95. The minimum atomic E-state index is 0.167. The van der Waals surface area contributed by atoms with E-state index in [-0.39, 0.29) is 12.1 Å². The summed E-state index contributed by atoms with van der Waals surface area (Å²) in [4.78, 5) is 17.0. The minimum absolute atomic E-state index is 0.167. The van der Waals surface area contributed by atoms with Crippen LogP contribution in [-0.2, 0) is 6.42 Å². The van der Waals surface area contributed by atoms with E-state index in [1.54, 1.807) is 0 Å². The van der Waals surface area contributed by atoms with Crippen LogP contribution in [0.15, 0.2) is 30.6 Å². The largest absolute Gasteiger partial charge is 0.353 e. The van der Waals surface area contributed by atoms with Gasteiger partial charge in [-0.2, -0.15) is 0 Å². The first kappa shape index (κ1) is 22.3. The Bertz CT molecular complexity index is 1100. The van der Waals surface area contributed by atoms with Gasteiger partial charge in [-0.25, -0.2) is 4.98 Å². The fraction of sp³-hybridized carbons (Fsp3) is 0.577. The maximum Gasteiger partial charge on any atom is 0.204 e. The van der Waals surface area contributed by atoms with Gasteiger partial charge in [0.1, 0.15) is 0 Å². The van der Waals surface area contributed by atoms with E-state index in [4.69, 9.17) is 15.7 Å². The average molecular weight is 448 g/mol. The Morgan fingerprint density at radius 3 is 2.70 bits per heavy atom. The lowest BCUT2D eigenvalue weighted by Crippen LogP contribution is -2.46. The van der Waals surface area contributed by atoms with Crippen LogP contribution in [0.2, 0.25) is 0 Å². The second-order valence-electron chi connectivity index (χ2n) is 10.2. The highest BCUT2D eigenvalue weighted by Crippen LogP contribution is 2.36. The fourth-order valence-electron chi connectivity index (χ4n) is 5.33. The Balaban J connectivity index is 1.41. The zero-order valence-corrected chi connectivity index (χ0v) is 20.2. The molecule has 1 saturated heterocycles. The van der Waals surface area contributed by atoms with Crippen molar-refractivity contribution in [3.63, 3.8) is 0 Å². The summed E-state index contributed by atoms with van der Waals surface area (Å²) in [5, 5.41) is 3.84. The van der Waals surface area contributed by atoms with Gasteiger partial charge in [-0.05, 0) is 56.6 Å². The molecular weight excluding hydrogens is 410 g/mol. The normalized spacial score (nSPS) is 20.8. The Kier molecular flexibility index (Phi) is 6.34. The summed E-state index contributed by atoms with van der Waals surface area (Å²) in [5.74, 6) is 1.49. The molecule has 0 saturated carbocycles. The molecule has 0 amide bonds. The third-order valence-electron chi connectivity index (χ3n) is 7.49. The van der Waals surface area contributed by atoms with Crippen molar-refractivity contribution < 1.29 is 0 Å². The number of nitrogens with two attached hydrogens (primary N) is 1. The van der Waals surface area contributed by atoms with Crippen LogP contribution in [0.5, 0.6) is 0 Å². The highest BCUT2D eigenvalue weighted by Gasteiger charge is 2.29. The second-order valence-corrected chi connectivity index (χ2v) is 10.2. The third-order valence-corrected chi connectivity index (χ3v) is 7.49. The zero-order valence-electron chi connectivity index (χ0n) is 20.2. The van der Waals surface area contributed by atoms with Gasteiger partial charge in [0, 0.05) is 44.1 Å². The number of nitrogens with zero attached hydrogens (tertiary/aromatic N) is 5. The molecule has 5 rings (SSSR count). The van der Waals surface area contributed by atoms with E-state index in [0.29, 0.717) is 12.0 Å². The number of rotatable bonds is 6. The van der Waals surface area contributed by atoms with Crippen LogP contribution in [0.25, 0.3) is 11.0 Å². The average Bonchev–Trinajstić information content (AvgIpc) is 3.19. The molecule has 2 aliphatic rings. The number of likely N-dealkylation sites (tertiary alicyclic amines) is 1. The molecule has 3 aromatic rings. The predicted octanol–water partition coefficient (Wildman–Crippen LogP) is 3.92. The van der Waals surface area contributed by atoms with E-state index in [0.717, 1.165) is 74.6 Å². The van der Waals surface area contributed by atoms with E-state index < -0.39 is 0 Å². The SMILES string of the molecule is Cc1cccc2c1nc(NC1CCN(CC(N)C(C)C)CC1)n2C1CCCc2nccnc21. The predicted molar refractivity (Wildman–Crippen MR) is 133 cm³/mol. The molecule has 2 atom stereocenters. The number of nitrogens with one attached hydrogen (secondary N) is 1. The van der Waals surface area contributed by atoms with Crippen LogP contribution in [-0.4, -0.2) is 56.1 Å². The van der Waals surface area contributed by atoms with Gasteiger partial charge in [0.25, 0.3) is 0 Å². The summed E-state index contributed by atoms with van der Waals surface area (Å²) in [6, 6.07) is 7.30. The number of benzene rings is 1. The molecule has 0 bridgehead atoms. The van der Waals surface area contributed by atoms with Crippen molar-refractivity contribution in [3.05, 3.63) is 47.5 Å². The van der Waals surface area contributed by atoms with E-state index >= 15 is 0 Å². The van der Waals surface area contributed by atoms with Crippen LogP contribution in [0.4, 0.5) is 5.95 Å². The second kappa shape index (κ2) is 9.39. The number of aryl methyl sites for hydroxylation is 2. The molecule has 7 nitrogen and oxygen atoms in total. The number of para-hydroxylation sites is 1. The number of hydrogen-bond donors (Lipinski definition) is 2. The first-order valence-electron chi connectivity index (χ1n) is 12.5. The van der Waals surface area contributed by atoms with Crippen LogP contribution in [0.1, 0.15) is 62.5 Å². The molecule has 2 unspecified atom stereocenters. The van der Waals surface area contributed by atoms with Crippen molar-refractivity contribution in [1.82, 2.24) is 24.4 Å². The maximum atomic E-state index is 6.32. The number of piperidine rings is 1. The van der Waals surface area contributed by atoms with Crippen LogP contribution in [0.3, 0.4) is 0 Å². The van der Waals surface area contributed by atoms with Gasteiger partial charge in [-0.1, -0.05) is 26.0 Å². The standard InChI is InChI=1S/C26H37N7/c1-17(2)20(27)16-32-14-10-19(11-15-32)30-26-31-24-18(3)6-4-8-22(24)33(26)23-9-5-7-21-25(23)29-13-12-28-21/h4,6,8,12-13,17,19-20,23H,5,7,9-11,14-16,27H2,1-3H3,(H,30,31). The molecule has 0 radical (unpaired) electrons. The highest BCUT2D eigenvalue weighted by molar-refractivity contribution is 5.82. The number of hydrogen-bond acceptors (Lipinski definition) is 6. The summed E-state index contributed by atoms with van der Waals surface area (Å²) in [6.45, 7) is 9.71. The third kappa shape index (κ3) is 4.49. The number of imidazole rings is 1. The van der Waals surface area contributed by atoms with Crippen LogP contribution < -0.4 is 11.1 Å². The number of fused-ring (bicyclic) bond motifs is 2. The molecule has 7 heteroatoms. The van der Waals surface area contributed by atoms with Crippen molar-refractivity contribution in [2.75, 3.05) is 25.0 Å². The van der Waals surface area contributed by atoms with Gasteiger partial charge in [0.05, 0.1) is 28.5 Å². The number of anilines is 1. The van der Waals surface area contributed by atoms with Gasteiger partial charge < -0.3 is 20.5 Å². The topological polar surface area (TPSA) is 84.9 Å². The molecule has 2 aromatic heterocycles. The monoisotopic (exact) mass is 447 g/mol. The van der Waals surface area contributed by atoms with Gasteiger partial charge in [-0.3, -0.25) is 9.97 Å². The van der Waals surface area contributed by atoms with E-state index in [1.807, 2.05) is 12.4 Å². The summed E-state index contributed by atoms with van der Waals surface area (Å²) < 4.78 is 2.40. The summed E-state index contributed by atoms with van der Waals surface area (Å²) in [5.41, 5.74) is 12.0. The quantitative estimate of drug-likeness (QED) is 0.596. The van der Waals surface area contributed by atoms with Gasteiger partial charge >= 0.3 is 0 Å². The Labute approximate surface area is 196 Å². The molecule has 1 fully saturated rings. The molecule has 176 valence electrons. The van der Waals surface area contributed by atoms with Crippen molar-refractivity contribution >= 4 is 17.0 Å². The molecular formula is C26H37N7. The molecule has 1 aliphatic heterocycles. The Morgan fingerprint density at radius 1 is 1.12 bits per heavy atom. The van der Waals surface area contributed by atoms with Crippen LogP contribution in [0, 0.1) is 12.8 Å². The van der Waals surface area contributed by atoms with Crippen molar-refractivity contribution in [2.45, 2.75) is 71.0 Å².